The Morgan fingerprint density at radius 3 is 2.82 bits per heavy atom. The van der Waals surface area contributed by atoms with Crippen LogP contribution in [-0.2, 0) is 4.74 Å². The van der Waals surface area contributed by atoms with Crippen LogP contribution in [0.3, 0.4) is 0 Å². The third kappa shape index (κ3) is 2.12. The molecule has 2 aliphatic rings. The standard InChI is InChI=1S/C15H19N5O2/c1-22-11-9-19(10-11)15(21)12-8-16-20-7-4-13(17-14(12)20)18-5-2-3-6-18/h4,7-8,11H,2-3,5-6,9-10H2,1H3. The number of hydrogen-bond donors (Lipinski definition) is 0. The average molecular weight is 301 g/mol. The highest BCUT2D eigenvalue weighted by atomic mass is 16.5. The summed E-state index contributed by atoms with van der Waals surface area (Å²) >= 11 is 0. The Morgan fingerprint density at radius 1 is 1.32 bits per heavy atom. The van der Waals surface area contributed by atoms with Crippen LogP contribution in [0, 0.1) is 0 Å². The van der Waals surface area contributed by atoms with Crippen LogP contribution in [0.4, 0.5) is 5.82 Å². The first-order valence-electron chi connectivity index (χ1n) is 7.67. The van der Waals surface area contributed by atoms with Crippen LogP contribution in [0.2, 0.25) is 0 Å². The number of likely N-dealkylation sites (tertiary alicyclic amines) is 1. The summed E-state index contributed by atoms with van der Waals surface area (Å²) < 4.78 is 6.89. The summed E-state index contributed by atoms with van der Waals surface area (Å²) in [6.07, 6.45) is 6.03. The zero-order valence-electron chi connectivity index (χ0n) is 12.6. The highest BCUT2D eigenvalue weighted by Gasteiger charge is 2.32. The summed E-state index contributed by atoms with van der Waals surface area (Å²) in [7, 11) is 1.67. The van der Waals surface area contributed by atoms with Gasteiger partial charge in [-0.2, -0.15) is 5.10 Å². The van der Waals surface area contributed by atoms with Gasteiger partial charge in [0.2, 0.25) is 0 Å². The number of nitrogens with zero attached hydrogens (tertiary/aromatic N) is 5. The predicted molar refractivity (Wildman–Crippen MR) is 81.1 cm³/mol. The second-order valence-electron chi connectivity index (χ2n) is 5.87. The van der Waals surface area contributed by atoms with Gasteiger partial charge in [-0.15, -0.1) is 0 Å². The number of rotatable bonds is 3. The van der Waals surface area contributed by atoms with Gasteiger partial charge < -0.3 is 14.5 Å². The molecule has 0 aromatic carbocycles. The number of methoxy groups -OCH3 is 1. The van der Waals surface area contributed by atoms with Crippen molar-refractivity contribution in [1.29, 1.82) is 0 Å². The van der Waals surface area contributed by atoms with Crippen molar-refractivity contribution in [1.82, 2.24) is 19.5 Å². The van der Waals surface area contributed by atoms with Crippen molar-refractivity contribution < 1.29 is 9.53 Å². The molecular weight excluding hydrogens is 282 g/mol. The van der Waals surface area contributed by atoms with Crippen LogP contribution in [0.15, 0.2) is 18.5 Å². The number of amides is 1. The monoisotopic (exact) mass is 301 g/mol. The first-order chi connectivity index (χ1) is 10.8. The molecule has 2 fully saturated rings. The average Bonchev–Trinajstić information content (AvgIpc) is 3.15. The van der Waals surface area contributed by atoms with Crippen LogP contribution >= 0.6 is 0 Å². The van der Waals surface area contributed by atoms with Crippen molar-refractivity contribution in [2.45, 2.75) is 18.9 Å². The largest absolute Gasteiger partial charge is 0.378 e. The van der Waals surface area contributed by atoms with Gasteiger partial charge in [0.05, 0.1) is 12.3 Å². The lowest BCUT2D eigenvalue weighted by Crippen LogP contribution is -2.54. The number of fused-ring (bicyclic) bond motifs is 1. The molecule has 0 spiro atoms. The fourth-order valence-electron chi connectivity index (χ4n) is 3.06. The maximum Gasteiger partial charge on any atom is 0.259 e. The number of hydrogen-bond acceptors (Lipinski definition) is 5. The van der Waals surface area contributed by atoms with Gasteiger partial charge >= 0.3 is 0 Å². The zero-order valence-corrected chi connectivity index (χ0v) is 12.6. The van der Waals surface area contributed by atoms with Crippen molar-refractivity contribution >= 4 is 17.4 Å². The van der Waals surface area contributed by atoms with E-state index in [1.165, 1.54) is 12.8 Å². The molecule has 2 aromatic heterocycles. The van der Waals surface area contributed by atoms with Crippen molar-refractivity contribution in [3.8, 4) is 0 Å². The number of ether oxygens (including phenoxy) is 1. The molecule has 7 heteroatoms. The van der Waals surface area contributed by atoms with Crippen molar-refractivity contribution in [3.05, 3.63) is 24.0 Å². The molecule has 0 radical (unpaired) electrons. The Morgan fingerprint density at radius 2 is 2.09 bits per heavy atom. The Labute approximate surface area is 128 Å². The fourth-order valence-corrected chi connectivity index (χ4v) is 3.06. The highest BCUT2D eigenvalue weighted by molar-refractivity contribution is 6.00. The molecule has 4 heterocycles. The Bertz CT molecular complexity index is 701. The fraction of sp³-hybridized carbons (Fsp3) is 0.533. The summed E-state index contributed by atoms with van der Waals surface area (Å²) in [4.78, 5) is 21.3. The van der Waals surface area contributed by atoms with Gasteiger partial charge in [0.15, 0.2) is 5.65 Å². The Balaban J connectivity index is 1.63. The minimum atomic E-state index is -0.0191. The first-order valence-corrected chi connectivity index (χ1v) is 7.67. The summed E-state index contributed by atoms with van der Waals surface area (Å²) in [6.45, 7) is 3.33. The van der Waals surface area contributed by atoms with E-state index in [1.807, 2.05) is 12.3 Å². The van der Waals surface area contributed by atoms with E-state index in [0.717, 1.165) is 18.9 Å². The van der Waals surface area contributed by atoms with E-state index >= 15 is 0 Å². The molecule has 0 atom stereocenters. The molecule has 0 saturated carbocycles. The molecule has 22 heavy (non-hydrogen) atoms. The number of aromatic nitrogens is 3. The summed E-state index contributed by atoms with van der Waals surface area (Å²) in [5.41, 5.74) is 1.20. The van der Waals surface area contributed by atoms with E-state index in [2.05, 4.69) is 15.0 Å². The van der Waals surface area contributed by atoms with Crippen molar-refractivity contribution in [2.24, 2.45) is 0 Å². The topological polar surface area (TPSA) is 63.0 Å². The Hall–Kier alpha value is -2.15. The maximum atomic E-state index is 12.6. The van der Waals surface area contributed by atoms with Gasteiger partial charge in [0.1, 0.15) is 11.4 Å². The van der Waals surface area contributed by atoms with Gasteiger partial charge in [-0.3, -0.25) is 4.79 Å². The molecule has 1 amide bonds. The van der Waals surface area contributed by atoms with Crippen LogP contribution in [0.1, 0.15) is 23.2 Å². The van der Waals surface area contributed by atoms with Crippen LogP contribution in [-0.4, -0.2) is 64.8 Å². The minimum absolute atomic E-state index is 0.0191. The van der Waals surface area contributed by atoms with Gasteiger partial charge in [0.25, 0.3) is 5.91 Å². The van der Waals surface area contributed by atoms with E-state index in [1.54, 1.807) is 22.7 Å². The van der Waals surface area contributed by atoms with E-state index in [9.17, 15) is 4.79 Å². The second kappa shape index (κ2) is 5.24. The van der Waals surface area contributed by atoms with E-state index in [4.69, 9.17) is 4.74 Å². The van der Waals surface area contributed by atoms with Crippen LogP contribution < -0.4 is 4.90 Å². The molecule has 2 aromatic rings. The molecule has 7 nitrogen and oxygen atoms in total. The molecule has 2 aliphatic heterocycles. The molecule has 4 rings (SSSR count). The van der Waals surface area contributed by atoms with Crippen LogP contribution in [0.25, 0.3) is 5.65 Å². The summed E-state index contributed by atoms with van der Waals surface area (Å²) in [6, 6.07) is 1.96. The van der Waals surface area contributed by atoms with Crippen molar-refractivity contribution in [2.75, 3.05) is 38.2 Å². The number of carbonyl (C=O) groups is 1. The van der Waals surface area contributed by atoms with Gasteiger partial charge in [-0.1, -0.05) is 0 Å². The number of carbonyl (C=O) groups excluding carboxylic acids is 1. The molecule has 0 aliphatic carbocycles. The molecule has 0 bridgehead atoms. The maximum absolute atomic E-state index is 12.6. The Kier molecular flexibility index (Phi) is 3.22. The summed E-state index contributed by atoms with van der Waals surface area (Å²) in [5, 5.41) is 4.24. The predicted octanol–water partition coefficient (Wildman–Crippen LogP) is 0.800. The quantitative estimate of drug-likeness (QED) is 0.839. The smallest absolute Gasteiger partial charge is 0.259 e. The van der Waals surface area contributed by atoms with E-state index in [-0.39, 0.29) is 12.0 Å². The van der Waals surface area contributed by atoms with Crippen molar-refractivity contribution in [3.63, 3.8) is 0 Å². The molecule has 0 N–H and O–H groups in total. The molecule has 0 unspecified atom stereocenters. The normalized spacial score (nSPS) is 19.0. The molecule has 116 valence electrons. The molecule has 2 saturated heterocycles. The third-order valence-electron chi connectivity index (χ3n) is 4.48. The first kappa shape index (κ1) is 13.5. The van der Waals surface area contributed by atoms with E-state index < -0.39 is 0 Å². The third-order valence-corrected chi connectivity index (χ3v) is 4.48. The van der Waals surface area contributed by atoms with Gasteiger partial charge in [-0.25, -0.2) is 9.50 Å². The highest BCUT2D eigenvalue weighted by Crippen LogP contribution is 2.22. The van der Waals surface area contributed by atoms with Gasteiger partial charge in [0, 0.05) is 39.5 Å². The second-order valence-corrected chi connectivity index (χ2v) is 5.87. The van der Waals surface area contributed by atoms with Gasteiger partial charge in [-0.05, 0) is 18.9 Å². The minimum Gasteiger partial charge on any atom is -0.378 e. The number of anilines is 1. The lowest BCUT2D eigenvalue weighted by molar-refractivity contribution is -0.0191. The zero-order chi connectivity index (χ0) is 15.1. The summed E-state index contributed by atoms with van der Waals surface area (Å²) in [5.74, 6) is 0.910. The lowest BCUT2D eigenvalue weighted by Gasteiger charge is -2.37. The molecular formula is C15H19N5O2. The van der Waals surface area contributed by atoms with E-state index in [0.29, 0.717) is 24.3 Å². The van der Waals surface area contributed by atoms with Crippen LogP contribution in [0.5, 0.6) is 0 Å². The SMILES string of the molecule is COC1CN(C(=O)c2cnn3ccc(N4CCCC4)nc23)C1. The lowest BCUT2D eigenvalue weighted by atomic mass is 10.1.